The number of ether oxygens (including phenoxy) is 2. The van der Waals surface area contributed by atoms with Gasteiger partial charge in [0.2, 0.25) is 5.79 Å². The minimum absolute atomic E-state index is 0.310. The highest BCUT2D eigenvalue weighted by atomic mass is 16.7. The van der Waals surface area contributed by atoms with Gasteiger partial charge in [-0.05, 0) is 12.0 Å². The first-order valence-electron chi connectivity index (χ1n) is 6.55. The lowest BCUT2D eigenvalue weighted by Crippen LogP contribution is -2.46. The van der Waals surface area contributed by atoms with Crippen molar-refractivity contribution in [3.05, 3.63) is 35.9 Å². The van der Waals surface area contributed by atoms with Crippen molar-refractivity contribution in [2.45, 2.75) is 37.1 Å². The van der Waals surface area contributed by atoms with E-state index < -0.39 is 30.7 Å². The molecule has 20 heavy (non-hydrogen) atoms. The SMILES string of the molecule is OCC1(O)O[C@H](CCOCc2ccccc2)[C@@H](O)[C@@H]1O. The van der Waals surface area contributed by atoms with E-state index in [1.54, 1.807) is 0 Å². The highest BCUT2D eigenvalue weighted by Crippen LogP contribution is 2.30. The Labute approximate surface area is 117 Å². The van der Waals surface area contributed by atoms with Gasteiger partial charge in [-0.1, -0.05) is 30.3 Å². The molecule has 4 atom stereocenters. The van der Waals surface area contributed by atoms with Crippen LogP contribution < -0.4 is 0 Å². The monoisotopic (exact) mass is 284 g/mol. The van der Waals surface area contributed by atoms with Gasteiger partial charge in [0.15, 0.2) is 0 Å². The zero-order chi connectivity index (χ0) is 14.6. The molecule has 1 fully saturated rings. The Morgan fingerprint density at radius 3 is 2.50 bits per heavy atom. The molecule has 4 N–H and O–H groups in total. The van der Waals surface area contributed by atoms with E-state index in [1.165, 1.54) is 0 Å². The van der Waals surface area contributed by atoms with Crippen LogP contribution in [0.5, 0.6) is 0 Å². The lowest BCUT2D eigenvalue weighted by molar-refractivity contribution is -0.246. The van der Waals surface area contributed by atoms with Gasteiger partial charge in [-0.2, -0.15) is 0 Å². The molecule has 1 aromatic carbocycles. The predicted octanol–water partition coefficient (Wildman–Crippen LogP) is -0.605. The second-order valence-corrected chi connectivity index (χ2v) is 4.92. The fourth-order valence-electron chi connectivity index (χ4n) is 2.20. The van der Waals surface area contributed by atoms with Crippen LogP contribution >= 0.6 is 0 Å². The van der Waals surface area contributed by atoms with Crippen LogP contribution in [0.2, 0.25) is 0 Å². The van der Waals surface area contributed by atoms with Crippen LogP contribution in [0.4, 0.5) is 0 Å². The Kier molecular flexibility index (Phi) is 5.09. The Hall–Kier alpha value is -1.02. The molecule has 1 heterocycles. The molecule has 0 radical (unpaired) electrons. The van der Waals surface area contributed by atoms with E-state index in [2.05, 4.69) is 0 Å². The number of aliphatic hydroxyl groups excluding tert-OH is 3. The molecule has 1 aliphatic rings. The topological polar surface area (TPSA) is 99.4 Å². The molecule has 2 rings (SSSR count). The second-order valence-electron chi connectivity index (χ2n) is 4.92. The van der Waals surface area contributed by atoms with Crippen LogP contribution in [0, 0.1) is 0 Å². The van der Waals surface area contributed by atoms with E-state index >= 15 is 0 Å². The van der Waals surface area contributed by atoms with Crippen molar-refractivity contribution in [1.82, 2.24) is 0 Å². The van der Waals surface area contributed by atoms with E-state index in [4.69, 9.17) is 14.6 Å². The van der Waals surface area contributed by atoms with E-state index in [-0.39, 0.29) is 0 Å². The van der Waals surface area contributed by atoms with Crippen LogP contribution in [-0.4, -0.2) is 57.7 Å². The molecular weight excluding hydrogens is 264 g/mol. The lowest BCUT2D eigenvalue weighted by atomic mass is 10.0. The molecule has 0 saturated carbocycles. The van der Waals surface area contributed by atoms with Crippen molar-refractivity contribution >= 4 is 0 Å². The number of rotatable bonds is 6. The Morgan fingerprint density at radius 2 is 1.90 bits per heavy atom. The molecular formula is C14H20O6. The van der Waals surface area contributed by atoms with Gasteiger partial charge in [-0.15, -0.1) is 0 Å². The Bertz CT molecular complexity index is 411. The minimum atomic E-state index is -2.09. The summed E-state index contributed by atoms with van der Waals surface area (Å²) >= 11 is 0. The van der Waals surface area contributed by atoms with Crippen molar-refractivity contribution in [1.29, 1.82) is 0 Å². The van der Waals surface area contributed by atoms with Crippen LogP contribution in [0.25, 0.3) is 0 Å². The van der Waals surface area contributed by atoms with Gasteiger partial charge in [-0.3, -0.25) is 0 Å². The summed E-state index contributed by atoms with van der Waals surface area (Å²) in [4.78, 5) is 0. The Balaban J connectivity index is 1.75. The van der Waals surface area contributed by atoms with E-state index in [1.807, 2.05) is 30.3 Å². The first-order valence-corrected chi connectivity index (χ1v) is 6.55. The second kappa shape index (κ2) is 6.62. The molecule has 1 saturated heterocycles. The third kappa shape index (κ3) is 3.35. The normalized spacial score (nSPS) is 33.5. The summed E-state index contributed by atoms with van der Waals surface area (Å²) < 4.78 is 10.6. The van der Waals surface area contributed by atoms with Gasteiger partial charge in [0, 0.05) is 6.61 Å². The van der Waals surface area contributed by atoms with E-state index in [0.29, 0.717) is 19.6 Å². The number of hydrogen-bond acceptors (Lipinski definition) is 6. The molecule has 0 aromatic heterocycles. The highest BCUT2D eigenvalue weighted by Gasteiger charge is 2.52. The maximum atomic E-state index is 9.74. The van der Waals surface area contributed by atoms with Crippen molar-refractivity contribution < 1.29 is 29.9 Å². The van der Waals surface area contributed by atoms with Gasteiger partial charge in [0.1, 0.15) is 12.2 Å². The molecule has 0 amide bonds. The van der Waals surface area contributed by atoms with Crippen LogP contribution in [0.15, 0.2) is 30.3 Å². The molecule has 1 aromatic rings. The third-order valence-corrected chi connectivity index (χ3v) is 3.41. The van der Waals surface area contributed by atoms with Crippen molar-refractivity contribution in [2.75, 3.05) is 13.2 Å². The van der Waals surface area contributed by atoms with Gasteiger partial charge in [0.05, 0.1) is 19.3 Å². The smallest absolute Gasteiger partial charge is 0.219 e. The van der Waals surface area contributed by atoms with Crippen molar-refractivity contribution in [3.8, 4) is 0 Å². The largest absolute Gasteiger partial charge is 0.391 e. The van der Waals surface area contributed by atoms with Crippen LogP contribution in [0.1, 0.15) is 12.0 Å². The summed E-state index contributed by atoms with van der Waals surface area (Å²) in [5, 5.41) is 38.0. The predicted molar refractivity (Wildman–Crippen MR) is 69.6 cm³/mol. The standard InChI is InChI=1S/C14H20O6/c15-9-14(18)13(17)12(16)11(20-14)6-7-19-8-10-4-2-1-3-5-10/h1-5,11-13,15-18H,6-9H2/t11-,12-,13+,14?/m1/s1. The van der Waals surface area contributed by atoms with Crippen LogP contribution in [0.3, 0.4) is 0 Å². The zero-order valence-electron chi connectivity index (χ0n) is 11.1. The number of hydrogen-bond donors (Lipinski definition) is 4. The molecule has 6 nitrogen and oxygen atoms in total. The Morgan fingerprint density at radius 1 is 1.20 bits per heavy atom. The maximum absolute atomic E-state index is 9.74. The van der Waals surface area contributed by atoms with Gasteiger partial charge in [0.25, 0.3) is 0 Å². The van der Waals surface area contributed by atoms with Crippen LogP contribution in [-0.2, 0) is 16.1 Å². The van der Waals surface area contributed by atoms with E-state index in [0.717, 1.165) is 5.56 Å². The van der Waals surface area contributed by atoms with E-state index in [9.17, 15) is 15.3 Å². The summed E-state index contributed by atoms with van der Waals surface area (Å²) in [5.41, 5.74) is 1.03. The van der Waals surface area contributed by atoms with Crippen molar-refractivity contribution in [2.24, 2.45) is 0 Å². The first-order chi connectivity index (χ1) is 9.57. The average molecular weight is 284 g/mol. The summed E-state index contributed by atoms with van der Waals surface area (Å²) in [6.45, 7) is -0.0199. The van der Waals surface area contributed by atoms with Gasteiger partial charge >= 0.3 is 0 Å². The molecule has 0 bridgehead atoms. The third-order valence-electron chi connectivity index (χ3n) is 3.41. The lowest BCUT2D eigenvalue weighted by Gasteiger charge is -2.22. The zero-order valence-corrected chi connectivity index (χ0v) is 11.1. The number of aliphatic hydroxyl groups is 4. The summed E-state index contributed by atoms with van der Waals surface area (Å²) in [7, 11) is 0. The quantitative estimate of drug-likeness (QED) is 0.520. The molecule has 0 aliphatic carbocycles. The fraction of sp³-hybridized carbons (Fsp3) is 0.571. The summed E-state index contributed by atoms with van der Waals surface area (Å²) in [6.07, 6.45) is -3.22. The molecule has 112 valence electrons. The number of benzene rings is 1. The minimum Gasteiger partial charge on any atom is -0.391 e. The maximum Gasteiger partial charge on any atom is 0.219 e. The average Bonchev–Trinajstić information content (AvgIpc) is 2.70. The van der Waals surface area contributed by atoms with Crippen molar-refractivity contribution in [3.63, 3.8) is 0 Å². The summed E-state index contributed by atoms with van der Waals surface area (Å²) in [6, 6.07) is 9.63. The highest BCUT2D eigenvalue weighted by molar-refractivity contribution is 5.13. The molecule has 1 aliphatic heterocycles. The van der Waals surface area contributed by atoms with Gasteiger partial charge < -0.3 is 29.9 Å². The summed E-state index contributed by atoms with van der Waals surface area (Å²) in [5.74, 6) is -2.09. The molecule has 1 unspecified atom stereocenters. The van der Waals surface area contributed by atoms with Gasteiger partial charge in [-0.25, -0.2) is 0 Å². The first kappa shape index (κ1) is 15.4. The molecule has 0 spiro atoms. The fourth-order valence-corrected chi connectivity index (χ4v) is 2.20. The molecule has 6 heteroatoms.